The molecule has 0 saturated carbocycles. The molecule has 4 aromatic carbocycles. The van der Waals surface area contributed by atoms with Crippen LogP contribution in [0.25, 0.3) is 11.1 Å². The van der Waals surface area contributed by atoms with E-state index in [0.29, 0.717) is 46.1 Å². The second-order valence-electron chi connectivity index (χ2n) is 18.0. The number of carbonyl (C=O) groups excluding carboxylic acids is 3. The van der Waals surface area contributed by atoms with Crippen LogP contribution in [-0.4, -0.2) is 46.9 Å². The molecule has 0 saturated heterocycles. The predicted octanol–water partition coefficient (Wildman–Crippen LogP) is 8.49. The normalized spacial score (nSPS) is 20.1. The second-order valence-corrected chi connectivity index (χ2v) is 18.0. The maximum Gasteiger partial charge on any atom is 0.255 e. The summed E-state index contributed by atoms with van der Waals surface area (Å²) in [6.07, 6.45) is 1.37. The van der Waals surface area contributed by atoms with E-state index < -0.39 is 0 Å². The van der Waals surface area contributed by atoms with Gasteiger partial charge in [-0.3, -0.25) is 14.4 Å². The van der Waals surface area contributed by atoms with Crippen LogP contribution >= 0.6 is 0 Å². The number of nitrogens with one attached hydrogen (secondary N) is 2. The molecule has 2 unspecified atom stereocenters. The van der Waals surface area contributed by atoms with Crippen molar-refractivity contribution in [1.82, 2.24) is 4.58 Å². The standard InChI is InChI=1S/C50H58N4O4/c1-13-31-19-15-17-21-33(31)47(57)51-39-25-41-37(49(9,10)29(7)53(41)27(3)4)23-35(39)43-45(55)44(46(43)56)36-24-38-42(54(28(5)6)30(8)50(38,11)12)26-40(36)52-48(58)34-22-18-16-20-32(34)14-2/h15-30H,13-14H2,1-12H3,(H2,51,52,55,56,57,58)/p+1. The van der Waals surface area contributed by atoms with E-state index in [1.54, 1.807) is 0 Å². The van der Waals surface area contributed by atoms with Gasteiger partial charge in [-0.05, 0) is 115 Å². The number of hydrogen-bond acceptors (Lipinski definition) is 5. The number of anilines is 3. The first-order chi connectivity index (χ1) is 27.4. The zero-order chi connectivity index (χ0) is 42.2. The smallest absolute Gasteiger partial charge is 0.255 e. The first-order valence-corrected chi connectivity index (χ1v) is 20.9. The molecule has 3 aliphatic rings. The van der Waals surface area contributed by atoms with Gasteiger partial charge in [0.2, 0.25) is 11.1 Å². The minimum Gasteiger partial charge on any atom is -0.506 e. The van der Waals surface area contributed by atoms with Gasteiger partial charge in [0.05, 0.1) is 27.9 Å². The fourth-order valence-corrected chi connectivity index (χ4v) is 9.65. The van der Waals surface area contributed by atoms with Crippen molar-refractivity contribution >= 4 is 45.8 Å². The van der Waals surface area contributed by atoms with Gasteiger partial charge in [-0.25, -0.2) is 4.58 Å². The van der Waals surface area contributed by atoms with Crippen LogP contribution in [0.1, 0.15) is 132 Å². The lowest BCUT2D eigenvalue weighted by Crippen LogP contribution is -2.42. The number of ketones is 1. The molecule has 2 amide bonds. The van der Waals surface area contributed by atoms with Gasteiger partial charge in [0.1, 0.15) is 11.8 Å². The highest BCUT2D eigenvalue weighted by Crippen LogP contribution is 2.51. The largest absolute Gasteiger partial charge is 0.506 e. The van der Waals surface area contributed by atoms with E-state index in [9.17, 15) is 19.5 Å². The number of allylic oxidation sites excluding steroid dienone is 2. The second kappa shape index (κ2) is 14.7. The van der Waals surface area contributed by atoms with Gasteiger partial charge in [-0.2, -0.15) is 0 Å². The van der Waals surface area contributed by atoms with E-state index in [1.807, 2.05) is 86.6 Å². The molecule has 0 spiro atoms. The highest BCUT2D eigenvalue weighted by molar-refractivity contribution is 6.52. The van der Waals surface area contributed by atoms with Gasteiger partial charge in [0.25, 0.3) is 11.8 Å². The third-order valence-corrected chi connectivity index (χ3v) is 13.5. The van der Waals surface area contributed by atoms with Crippen molar-refractivity contribution in [3.63, 3.8) is 0 Å². The molecule has 2 aliphatic heterocycles. The zero-order valence-electron chi connectivity index (χ0n) is 36.2. The molecule has 4 aromatic rings. The van der Waals surface area contributed by atoms with Crippen molar-refractivity contribution in [2.45, 2.75) is 131 Å². The summed E-state index contributed by atoms with van der Waals surface area (Å²) in [6.45, 7) is 25.9. The first kappa shape index (κ1) is 40.7. The third-order valence-electron chi connectivity index (χ3n) is 13.5. The van der Waals surface area contributed by atoms with E-state index >= 15 is 0 Å². The Morgan fingerprint density at radius 3 is 1.83 bits per heavy atom. The number of amides is 2. The molecule has 302 valence electrons. The van der Waals surface area contributed by atoms with Crippen molar-refractivity contribution in [3.05, 3.63) is 128 Å². The number of benzene rings is 4. The van der Waals surface area contributed by atoms with Crippen LogP contribution in [0.4, 0.5) is 17.1 Å². The molecule has 58 heavy (non-hydrogen) atoms. The number of Topliss-reactive ketones (excluding diaryl/α,β-unsaturated/α-hetero) is 1. The van der Waals surface area contributed by atoms with Crippen LogP contribution in [0.3, 0.4) is 0 Å². The minimum atomic E-state index is -0.347. The summed E-state index contributed by atoms with van der Waals surface area (Å²) in [5.74, 6) is -1.07. The minimum absolute atomic E-state index is 0.135. The van der Waals surface area contributed by atoms with Crippen LogP contribution in [-0.2, 0) is 28.5 Å². The Labute approximate surface area is 343 Å². The molecule has 3 N–H and O–H groups in total. The number of aliphatic hydroxyl groups excluding tert-OH is 1. The monoisotopic (exact) mass is 779 g/mol. The molecule has 2 atom stereocenters. The van der Waals surface area contributed by atoms with Gasteiger partial charge in [-0.15, -0.1) is 0 Å². The highest BCUT2D eigenvalue weighted by Gasteiger charge is 2.48. The van der Waals surface area contributed by atoms with Gasteiger partial charge < -0.3 is 20.6 Å². The van der Waals surface area contributed by atoms with Crippen LogP contribution in [0.5, 0.6) is 0 Å². The fourth-order valence-electron chi connectivity index (χ4n) is 9.65. The molecular weight excluding hydrogens is 721 g/mol. The zero-order valence-corrected chi connectivity index (χ0v) is 36.2. The number of fused-ring (bicyclic) bond motifs is 2. The Morgan fingerprint density at radius 1 is 0.759 bits per heavy atom. The van der Waals surface area contributed by atoms with E-state index in [4.69, 9.17) is 0 Å². The quantitative estimate of drug-likeness (QED) is 0.148. The topological polar surface area (TPSA) is 102 Å². The summed E-state index contributed by atoms with van der Waals surface area (Å²) >= 11 is 0. The molecule has 8 nitrogen and oxygen atoms in total. The van der Waals surface area contributed by atoms with Gasteiger partial charge in [0.15, 0.2) is 6.04 Å². The average molecular weight is 780 g/mol. The first-order valence-electron chi connectivity index (χ1n) is 20.9. The number of rotatable bonds is 9. The molecule has 0 radical (unpaired) electrons. The molecule has 2 heterocycles. The lowest BCUT2D eigenvalue weighted by molar-refractivity contribution is -0.109. The number of aliphatic hydroxyl groups is 1. The Bertz CT molecular complexity index is 2560. The van der Waals surface area contributed by atoms with Crippen molar-refractivity contribution in [3.8, 4) is 0 Å². The predicted molar refractivity (Wildman–Crippen MR) is 237 cm³/mol. The molecule has 0 bridgehead atoms. The summed E-state index contributed by atoms with van der Waals surface area (Å²) in [5.41, 5.74) is 7.13. The van der Waals surface area contributed by atoms with E-state index in [1.165, 1.54) is 0 Å². The number of aryl methyl sites for hydroxylation is 2. The van der Waals surface area contributed by atoms with Gasteiger partial charge in [0, 0.05) is 56.7 Å². The third kappa shape index (κ3) is 6.27. The SMILES string of the molecule is CCc1ccccc1C(=O)Nc1cc2c(cc1C1=C(O)/C(=c3/cc4c(cc3NC(=O)c3ccccc3CC)=[N+](C(C)C)C(C)C4(C)C)C1=O)C(C)(C)C(C)N2C(C)C. The molecule has 1 aliphatic carbocycles. The van der Waals surface area contributed by atoms with Crippen molar-refractivity contribution in [2.75, 3.05) is 15.5 Å². The summed E-state index contributed by atoms with van der Waals surface area (Å²) < 4.78 is 2.36. The van der Waals surface area contributed by atoms with Crippen molar-refractivity contribution in [2.24, 2.45) is 0 Å². The van der Waals surface area contributed by atoms with E-state index in [2.05, 4.69) is 89.3 Å². The lowest BCUT2D eigenvalue weighted by Gasteiger charge is -2.34. The Kier molecular flexibility index (Phi) is 10.3. The summed E-state index contributed by atoms with van der Waals surface area (Å²) in [6, 6.07) is 23.7. The van der Waals surface area contributed by atoms with Crippen LogP contribution in [0.2, 0.25) is 0 Å². The van der Waals surface area contributed by atoms with Crippen molar-refractivity contribution in [1.29, 1.82) is 0 Å². The van der Waals surface area contributed by atoms with Crippen LogP contribution in [0, 0.1) is 0 Å². The molecule has 0 fully saturated rings. The highest BCUT2D eigenvalue weighted by atomic mass is 16.3. The maximum atomic E-state index is 14.9. The fraction of sp³-hybridized carbons (Fsp3) is 0.400. The Morgan fingerprint density at radius 2 is 1.31 bits per heavy atom. The summed E-state index contributed by atoms with van der Waals surface area (Å²) in [4.78, 5) is 45.4. The Hall–Kier alpha value is -5.50. The average Bonchev–Trinajstić information content (AvgIpc) is 3.50. The lowest BCUT2D eigenvalue weighted by atomic mass is 9.76. The van der Waals surface area contributed by atoms with Gasteiger partial charge in [-0.1, -0.05) is 64.1 Å². The maximum absolute atomic E-state index is 14.9. The van der Waals surface area contributed by atoms with Gasteiger partial charge >= 0.3 is 0 Å². The number of carbonyl (C=O) groups is 3. The molecule has 7 rings (SSSR count). The van der Waals surface area contributed by atoms with Crippen molar-refractivity contribution < 1.29 is 19.5 Å². The Balaban J connectivity index is 1.48. The molecule has 0 aromatic heterocycles. The summed E-state index contributed by atoms with van der Waals surface area (Å²) in [7, 11) is 0. The number of hydrogen-bond donors (Lipinski definition) is 3. The van der Waals surface area contributed by atoms with Crippen LogP contribution < -0.4 is 30.7 Å². The molecular formula is C50H59N4O4+. The van der Waals surface area contributed by atoms with E-state index in [0.717, 1.165) is 33.3 Å². The van der Waals surface area contributed by atoms with Crippen LogP contribution in [0.15, 0.2) is 78.6 Å². The molecule has 8 heteroatoms. The van der Waals surface area contributed by atoms with E-state index in [-0.39, 0.29) is 69.5 Å². The number of nitrogens with zero attached hydrogens (tertiary/aromatic N) is 2. The summed E-state index contributed by atoms with van der Waals surface area (Å²) in [5, 5.41) is 20.1.